The maximum absolute atomic E-state index is 6.10. The van der Waals surface area contributed by atoms with Crippen molar-refractivity contribution in [1.29, 1.82) is 0 Å². The third-order valence-electron chi connectivity index (χ3n) is 2.80. The number of ether oxygens (including phenoxy) is 1. The number of nitrogens with zero attached hydrogens (tertiary/aromatic N) is 4. The van der Waals surface area contributed by atoms with Crippen molar-refractivity contribution in [2.75, 3.05) is 20.3 Å². The summed E-state index contributed by atoms with van der Waals surface area (Å²) in [5.41, 5.74) is 0.804. The molecule has 0 amide bonds. The average Bonchev–Trinajstić information content (AvgIpc) is 2.91. The van der Waals surface area contributed by atoms with Crippen molar-refractivity contribution in [3.05, 3.63) is 33.5 Å². The van der Waals surface area contributed by atoms with E-state index in [2.05, 4.69) is 36.8 Å². The third kappa shape index (κ3) is 3.35. The normalized spacial score (nSPS) is 12.6. The number of nitrogens with one attached hydrogen (secondary N) is 1. The fourth-order valence-electron chi connectivity index (χ4n) is 1.76. The average molecular weight is 361 g/mol. The van der Waals surface area contributed by atoms with E-state index >= 15 is 0 Å². The highest BCUT2D eigenvalue weighted by molar-refractivity contribution is 9.10. The molecule has 1 N–H and O–H groups in total. The summed E-state index contributed by atoms with van der Waals surface area (Å²) in [6.45, 7) is 3.35. The molecule has 0 fully saturated rings. The summed E-state index contributed by atoms with van der Waals surface area (Å²) >= 11 is 9.56. The van der Waals surface area contributed by atoms with E-state index in [-0.39, 0.29) is 6.04 Å². The van der Waals surface area contributed by atoms with Crippen LogP contribution in [-0.4, -0.2) is 40.5 Å². The van der Waals surface area contributed by atoms with Crippen LogP contribution in [0.1, 0.15) is 18.8 Å². The lowest BCUT2D eigenvalue weighted by Gasteiger charge is -2.14. The smallest absolute Gasteiger partial charge is 0.173 e. The molecule has 1 aromatic carbocycles. The summed E-state index contributed by atoms with van der Waals surface area (Å²) in [5.74, 6) is 0.712. The molecule has 1 aromatic heterocycles. The second kappa shape index (κ2) is 7.12. The highest BCUT2D eigenvalue weighted by Gasteiger charge is 2.17. The molecule has 1 unspecified atom stereocenters. The predicted octanol–water partition coefficient (Wildman–Crippen LogP) is 2.38. The van der Waals surface area contributed by atoms with Gasteiger partial charge in [0.05, 0.1) is 27.8 Å². The largest absolute Gasteiger partial charge is 0.383 e. The lowest BCUT2D eigenvalue weighted by molar-refractivity contribution is 0.196. The number of aromatic nitrogens is 4. The van der Waals surface area contributed by atoms with Gasteiger partial charge in [-0.2, -0.15) is 4.68 Å². The van der Waals surface area contributed by atoms with Gasteiger partial charge in [0.1, 0.15) is 0 Å². The molecule has 20 heavy (non-hydrogen) atoms. The number of halogens is 2. The van der Waals surface area contributed by atoms with E-state index in [1.54, 1.807) is 17.9 Å². The van der Waals surface area contributed by atoms with Gasteiger partial charge in [-0.3, -0.25) is 0 Å². The fraction of sp³-hybridized carbons (Fsp3) is 0.417. The molecule has 0 saturated carbocycles. The minimum atomic E-state index is -0.00830. The molecule has 108 valence electrons. The third-order valence-corrected chi connectivity index (χ3v) is 4.17. The molecule has 0 saturated heterocycles. The van der Waals surface area contributed by atoms with Gasteiger partial charge in [0, 0.05) is 13.7 Å². The minimum Gasteiger partial charge on any atom is -0.383 e. The second-order valence-corrected chi connectivity index (χ2v) is 5.39. The molecule has 2 rings (SSSR count). The Labute approximate surface area is 130 Å². The van der Waals surface area contributed by atoms with Crippen molar-refractivity contribution >= 4 is 27.5 Å². The Morgan fingerprint density at radius 1 is 1.50 bits per heavy atom. The Bertz CT molecular complexity index is 577. The lowest BCUT2D eigenvalue weighted by Crippen LogP contribution is -2.25. The van der Waals surface area contributed by atoms with Gasteiger partial charge in [-0.05, 0) is 45.4 Å². The first kappa shape index (κ1) is 15.4. The van der Waals surface area contributed by atoms with E-state index in [9.17, 15) is 0 Å². The van der Waals surface area contributed by atoms with E-state index in [4.69, 9.17) is 16.3 Å². The van der Waals surface area contributed by atoms with Gasteiger partial charge in [0.2, 0.25) is 0 Å². The van der Waals surface area contributed by atoms with Gasteiger partial charge in [-0.15, -0.1) is 5.10 Å². The Kier molecular flexibility index (Phi) is 5.47. The van der Waals surface area contributed by atoms with Crippen LogP contribution >= 0.6 is 27.5 Å². The number of benzene rings is 1. The zero-order valence-electron chi connectivity index (χ0n) is 11.2. The molecule has 0 bridgehead atoms. The standard InChI is InChI=1S/C12H15BrClN5O/c1-8(15-6-7-20-2)12-16-17-18-19(12)10-5-3-4-9(14)11(10)13/h3-5,8,15H,6-7H2,1-2H3. The number of methoxy groups -OCH3 is 1. The van der Waals surface area contributed by atoms with Gasteiger partial charge in [0.25, 0.3) is 0 Å². The molecule has 1 atom stereocenters. The van der Waals surface area contributed by atoms with E-state index in [0.717, 1.165) is 16.7 Å². The van der Waals surface area contributed by atoms with Crippen LogP contribution < -0.4 is 5.32 Å². The van der Waals surface area contributed by atoms with Crippen molar-refractivity contribution in [3.63, 3.8) is 0 Å². The first-order chi connectivity index (χ1) is 9.65. The summed E-state index contributed by atoms with van der Waals surface area (Å²) in [6, 6.07) is 5.56. The molecule has 0 aliphatic heterocycles. The van der Waals surface area contributed by atoms with Crippen LogP contribution in [0.3, 0.4) is 0 Å². The highest BCUT2D eigenvalue weighted by Crippen LogP contribution is 2.29. The van der Waals surface area contributed by atoms with E-state index in [1.807, 2.05) is 19.1 Å². The molecule has 2 aromatic rings. The van der Waals surface area contributed by atoms with Crippen LogP contribution in [0.5, 0.6) is 0 Å². The topological polar surface area (TPSA) is 64.9 Å². The molecule has 8 heteroatoms. The van der Waals surface area contributed by atoms with Gasteiger partial charge >= 0.3 is 0 Å². The summed E-state index contributed by atoms with van der Waals surface area (Å²) < 4.78 is 7.44. The monoisotopic (exact) mass is 359 g/mol. The van der Waals surface area contributed by atoms with Crippen LogP contribution in [0.2, 0.25) is 5.02 Å². The van der Waals surface area contributed by atoms with Crippen LogP contribution in [0, 0.1) is 0 Å². The van der Waals surface area contributed by atoms with E-state index < -0.39 is 0 Å². The quantitative estimate of drug-likeness (QED) is 0.801. The van der Waals surface area contributed by atoms with Crippen LogP contribution in [0.25, 0.3) is 5.69 Å². The molecule has 0 aliphatic carbocycles. The fourth-order valence-corrected chi connectivity index (χ4v) is 2.36. The zero-order chi connectivity index (χ0) is 14.5. The van der Waals surface area contributed by atoms with Gasteiger partial charge in [0.15, 0.2) is 5.82 Å². The van der Waals surface area contributed by atoms with Crippen molar-refractivity contribution < 1.29 is 4.74 Å². The minimum absolute atomic E-state index is 0.00830. The summed E-state index contributed by atoms with van der Waals surface area (Å²) in [4.78, 5) is 0. The van der Waals surface area contributed by atoms with E-state index in [0.29, 0.717) is 17.5 Å². The summed E-state index contributed by atoms with van der Waals surface area (Å²) in [7, 11) is 1.67. The van der Waals surface area contributed by atoms with Gasteiger partial charge < -0.3 is 10.1 Å². The molecule has 0 spiro atoms. The molecular weight excluding hydrogens is 346 g/mol. The predicted molar refractivity (Wildman–Crippen MR) is 80.2 cm³/mol. The molecule has 1 heterocycles. The van der Waals surface area contributed by atoms with Crippen molar-refractivity contribution in [2.45, 2.75) is 13.0 Å². The van der Waals surface area contributed by atoms with E-state index in [1.165, 1.54) is 0 Å². The number of hydrogen-bond donors (Lipinski definition) is 1. The molecule has 0 aliphatic rings. The Morgan fingerprint density at radius 3 is 3.05 bits per heavy atom. The Morgan fingerprint density at radius 2 is 2.30 bits per heavy atom. The van der Waals surface area contributed by atoms with Crippen molar-refractivity contribution in [3.8, 4) is 5.69 Å². The zero-order valence-corrected chi connectivity index (χ0v) is 13.5. The molecule has 0 radical (unpaired) electrons. The second-order valence-electron chi connectivity index (χ2n) is 4.19. The number of tetrazole rings is 1. The van der Waals surface area contributed by atoms with Crippen molar-refractivity contribution in [2.24, 2.45) is 0 Å². The lowest BCUT2D eigenvalue weighted by atomic mass is 10.3. The number of hydrogen-bond acceptors (Lipinski definition) is 5. The number of rotatable bonds is 6. The summed E-state index contributed by atoms with van der Waals surface area (Å²) in [5, 5.41) is 15.8. The molecule has 6 nitrogen and oxygen atoms in total. The van der Waals surface area contributed by atoms with Crippen LogP contribution in [0.4, 0.5) is 0 Å². The van der Waals surface area contributed by atoms with Crippen molar-refractivity contribution in [1.82, 2.24) is 25.5 Å². The maximum atomic E-state index is 6.10. The SMILES string of the molecule is COCCNC(C)c1nnnn1-c1cccc(Cl)c1Br. The summed E-state index contributed by atoms with van der Waals surface area (Å²) in [6.07, 6.45) is 0. The highest BCUT2D eigenvalue weighted by atomic mass is 79.9. The first-order valence-electron chi connectivity index (χ1n) is 6.10. The Balaban J connectivity index is 2.26. The Hall–Kier alpha value is -1.02. The van der Waals surface area contributed by atoms with Crippen LogP contribution in [-0.2, 0) is 4.74 Å². The van der Waals surface area contributed by atoms with Gasteiger partial charge in [-0.1, -0.05) is 17.7 Å². The van der Waals surface area contributed by atoms with Crippen LogP contribution in [0.15, 0.2) is 22.7 Å². The maximum Gasteiger partial charge on any atom is 0.173 e. The first-order valence-corrected chi connectivity index (χ1v) is 7.27. The molecular formula is C12H15BrClN5O. The van der Waals surface area contributed by atoms with Gasteiger partial charge in [-0.25, -0.2) is 0 Å².